The SMILES string of the molecule is Cc1cc(F)cc(NC(C#N)C(C)NC(=O)OC(C)(C)C)c1. The number of nitriles is 1. The molecule has 0 heterocycles. The van der Waals surface area contributed by atoms with Gasteiger partial charge in [0.2, 0.25) is 0 Å². The van der Waals surface area contributed by atoms with Crippen LogP contribution < -0.4 is 10.6 Å². The van der Waals surface area contributed by atoms with Gasteiger partial charge in [0.05, 0.1) is 12.1 Å². The first-order chi connectivity index (χ1) is 10.1. The molecule has 2 atom stereocenters. The molecule has 2 unspecified atom stereocenters. The second-order valence-electron chi connectivity index (χ2n) is 6.20. The minimum atomic E-state index is -0.714. The van der Waals surface area contributed by atoms with Crippen LogP contribution in [0.4, 0.5) is 14.9 Å². The van der Waals surface area contributed by atoms with E-state index in [1.54, 1.807) is 40.7 Å². The Balaban J connectivity index is 2.71. The Morgan fingerprint density at radius 2 is 2.00 bits per heavy atom. The highest BCUT2D eigenvalue weighted by atomic mass is 19.1. The average Bonchev–Trinajstić information content (AvgIpc) is 2.31. The summed E-state index contributed by atoms with van der Waals surface area (Å²) in [6.45, 7) is 8.71. The van der Waals surface area contributed by atoms with Crippen molar-refractivity contribution in [2.24, 2.45) is 0 Å². The maximum atomic E-state index is 13.4. The van der Waals surface area contributed by atoms with E-state index in [4.69, 9.17) is 4.74 Å². The van der Waals surface area contributed by atoms with Crippen molar-refractivity contribution >= 4 is 11.8 Å². The van der Waals surface area contributed by atoms with Crippen molar-refractivity contribution < 1.29 is 13.9 Å². The zero-order valence-corrected chi connectivity index (χ0v) is 13.5. The zero-order valence-electron chi connectivity index (χ0n) is 13.5. The average molecular weight is 307 g/mol. The number of aryl methyl sites for hydroxylation is 1. The Kier molecular flexibility index (Phi) is 5.75. The summed E-state index contributed by atoms with van der Waals surface area (Å²) < 4.78 is 18.5. The topological polar surface area (TPSA) is 74.2 Å². The van der Waals surface area contributed by atoms with E-state index in [0.29, 0.717) is 5.69 Å². The van der Waals surface area contributed by atoms with Gasteiger partial charge in [-0.1, -0.05) is 0 Å². The first-order valence-electron chi connectivity index (χ1n) is 7.03. The lowest BCUT2D eigenvalue weighted by atomic mass is 10.1. The lowest BCUT2D eigenvalue weighted by molar-refractivity contribution is 0.0507. The van der Waals surface area contributed by atoms with Crippen LogP contribution in [0.3, 0.4) is 0 Å². The van der Waals surface area contributed by atoms with Crippen molar-refractivity contribution in [2.45, 2.75) is 52.3 Å². The van der Waals surface area contributed by atoms with Gasteiger partial charge in [0.25, 0.3) is 0 Å². The van der Waals surface area contributed by atoms with Crippen molar-refractivity contribution in [1.82, 2.24) is 5.32 Å². The molecule has 6 heteroatoms. The van der Waals surface area contributed by atoms with Gasteiger partial charge < -0.3 is 15.4 Å². The van der Waals surface area contributed by atoms with Crippen LogP contribution in [0.25, 0.3) is 0 Å². The van der Waals surface area contributed by atoms with Gasteiger partial charge in [0.15, 0.2) is 0 Å². The molecule has 0 saturated heterocycles. The number of hydrogen-bond acceptors (Lipinski definition) is 4. The number of halogens is 1. The van der Waals surface area contributed by atoms with Crippen molar-refractivity contribution in [3.8, 4) is 6.07 Å². The maximum absolute atomic E-state index is 13.4. The van der Waals surface area contributed by atoms with E-state index < -0.39 is 23.8 Å². The number of rotatable bonds is 4. The molecule has 2 N–H and O–H groups in total. The highest BCUT2D eigenvalue weighted by molar-refractivity contribution is 5.68. The van der Waals surface area contributed by atoms with Crippen LogP contribution in [-0.2, 0) is 4.74 Å². The van der Waals surface area contributed by atoms with E-state index in [0.717, 1.165) is 5.56 Å². The number of amides is 1. The number of carbonyl (C=O) groups excluding carboxylic acids is 1. The molecule has 1 aromatic rings. The molecule has 0 spiro atoms. The van der Waals surface area contributed by atoms with Crippen molar-refractivity contribution in [3.63, 3.8) is 0 Å². The molecule has 0 aliphatic rings. The van der Waals surface area contributed by atoms with Crippen LogP contribution in [0.2, 0.25) is 0 Å². The van der Waals surface area contributed by atoms with Crippen LogP contribution in [-0.4, -0.2) is 23.8 Å². The summed E-state index contributed by atoms with van der Waals surface area (Å²) in [6, 6.07) is 5.26. The van der Waals surface area contributed by atoms with Crippen LogP contribution in [0, 0.1) is 24.1 Å². The van der Waals surface area contributed by atoms with Crippen LogP contribution >= 0.6 is 0 Å². The highest BCUT2D eigenvalue weighted by Crippen LogP contribution is 2.15. The molecule has 0 radical (unpaired) electrons. The Morgan fingerprint density at radius 1 is 1.36 bits per heavy atom. The van der Waals surface area contributed by atoms with Crippen LogP contribution in [0.15, 0.2) is 18.2 Å². The number of ether oxygens (including phenoxy) is 1. The number of alkyl carbamates (subject to hydrolysis) is 1. The predicted octanol–water partition coefficient (Wildman–Crippen LogP) is 3.35. The van der Waals surface area contributed by atoms with E-state index in [2.05, 4.69) is 16.7 Å². The first-order valence-corrected chi connectivity index (χ1v) is 7.03. The Bertz CT molecular complexity index is 555. The fraction of sp³-hybridized carbons (Fsp3) is 0.500. The van der Waals surface area contributed by atoms with Crippen LogP contribution in [0.1, 0.15) is 33.3 Å². The summed E-state index contributed by atoms with van der Waals surface area (Å²) in [5.74, 6) is -0.382. The Hall–Kier alpha value is -2.29. The molecule has 0 aliphatic carbocycles. The number of benzene rings is 1. The summed E-state index contributed by atoms with van der Waals surface area (Å²) in [4.78, 5) is 11.7. The third kappa shape index (κ3) is 6.00. The lowest BCUT2D eigenvalue weighted by Gasteiger charge is -2.24. The molecular formula is C16H22FN3O2. The van der Waals surface area contributed by atoms with E-state index in [-0.39, 0.29) is 5.82 Å². The Morgan fingerprint density at radius 3 is 2.50 bits per heavy atom. The van der Waals surface area contributed by atoms with E-state index in [1.807, 2.05) is 0 Å². The van der Waals surface area contributed by atoms with Crippen LogP contribution in [0.5, 0.6) is 0 Å². The van der Waals surface area contributed by atoms with Gasteiger partial charge in [-0.25, -0.2) is 9.18 Å². The van der Waals surface area contributed by atoms with Crippen molar-refractivity contribution in [3.05, 3.63) is 29.6 Å². The van der Waals surface area contributed by atoms with E-state index in [9.17, 15) is 14.4 Å². The molecular weight excluding hydrogens is 285 g/mol. The molecule has 120 valence electrons. The minimum Gasteiger partial charge on any atom is -0.444 e. The summed E-state index contributed by atoms with van der Waals surface area (Å²) in [6.07, 6.45) is -0.600. The molecule has 1 rings (SSSR count). The van der Waals surface area contributed by atoms with Gasteiger partial charge >= 0.3 is 6.09 Å². The van der Waals surface area contributed by atoms with Crippen molar-refractivity contribution in [1.29, 1.82) is 5.26 Å². The van der Waals surface area contributed by atoms with Gasteiger partial charge in [-0.05, 0) is 58.4 Å². The van der Waals surface area contributed by atoms with Gasteiger partial charge in [0, 0.05) is 5.69 Å². The quantitative estimate of drug-likeness (QED) is 0.894. The summed E-state index contributed by atoms with van der Waals surface area (Å²) in [5.41, 5.74) is 0.618. The molecule has 22 heavy (non-hydrogen) atoms. The van der Waals surface area contributed by atoms with Gasteiger partial charge in [-0.15, -0.1) is 0 Å². The smallest absolute Gasteiger partial charge is 0.407 e. The monoisotopic (exact) mass is 307 g/mol. The molecule has 0 aliphatic heterocycles. The summed E-state index contributed by atoms with van der Waals surface area (Å²) >= 11 is 0. The minimum absolute atomic E-state index is 0.382. The first kappa shape index (κ1) is 17.8. The fourth-order valence-electron chi connectivity index (χ4n) is 1.85. The summed E-state index contributed by atoms with van der Waals surface area (Å²) in [7, 11) is 0. The van der Waals surface area contributed by atoms with E-state index in [1.165, 1.54) is 12.1 Å². The number of hydrogen-bond donors (Lipinski definition) is 2. The second kappa shape index (κ2) is 7.12. The maximum Gasteiger partial charge on any atom is 0.407 e. The lowest BCUT2D eigenvalue weighted by Crippen LogP contribution is -2.46. The Labute approximate surface area is 130 Å². The number of nitrogens with zero attached hydrogens (tertiary/aromatic N) is 1. The fourth-order valence-corrected chi connectivity index (χ4v) is 1.85. The van der Waals surface area contributed by atoms with Gasteiger partial charge in [0.1, 0.15) is 17.5 Å². The van der Waals surface area contributed by atoms with Crippen molar-refractivity contribution in [2.75, 3.05) is 5.32 Å². The zero-order chi connectivity index (χ0) is 16.9. The number of nitrogens with one attached hydrogen (secondary N) is 2. The molecule has 1 aromatic carbocycles. The van der Waals surface area contributed by atoms with Gasteiger partial charge in [-0.2, -0.15) is 5.26 Å². The molecule has 0 fully saturated rings. The third-order valence-corrected chi connectivity index (χ3v) is 2.75. The second-order valence-corrected chi connectivity index (χ2v) is 6.20. The largest absolute Gasteiger partial charge is 0.444 e. The number of carbonyl (C=O) groups is 1. The highest BCUT2D eigenvalue weighted by Gasteiger charge is 2.22. The van der Waals surface area contributed by atoms with E-state index >= 15 is 0 Å². The summed E-state index contributed by atoms with van der Waals surface area (Å²) in [5, 5.41) is 14.7. The predicted molar refractivity (Wildman–Crippen MR) is 83.0 cm³/mol. The molecule has 5 nitrogen and oxygen atoms in total. The molecule has 0 saturated carbocycles. The standard InChI is InChI=1S/C16H22FN3O2/c1-10-6-12(17)8-13(7-10)20-14(9-18)11(2)19-15(21)22-16(3,4)5/h6-8,11,14,20H,1-5H3,(H,19,21). The number of anilines is 1. The third-order valence-electron chi connectivity index (χ3n) is 2.75. The molecule has 0 aromatic heterocycles. The molecule has 0 bridgehead atoms. The normalized spacial score (nSPS) is 13.7. The molecule has 1 amide bonds. The van der Waals surface area contributed by atoms with Gasteiger partial charge in [-0.3, -0.25) is 0 Å².